The predicted octanol–water partition coefficient (Wildman–Crippen LogP) is 2.60. The summed E-state index contributed by atoms with van der Waals surface area (Å²) in [5.41, 5.74) is 3.57. The van der Waals surface area contributed by atoms with Gasteiger partial charge in [-0.05, 0) is 32.9 Å². The van der Waals surface area contributed by atoms with Gasteiger partial charge in [-0.1, -0.05) is 0 Å². The molecule has 1 saturated heterocycles. The molecule has 152 valence electrons. The molecule has 1 aliphatic heterocycles. The number of hydrogen-bond acceptors (Lipinski definition) is 3. The zero-order valence-corrected chi connectivity index (χ0v) is 17.0. The summed E-state index contributed by atoms with van der Waals surface area (Å²) < 4.78 is 29.4. The van der Waals surface area contributed by atoms with Crippen LogP contribution in [0.2, 0.25) is 0 Å². The molecule has 0 aliphatic carbocycles. The van der Waals surface area contributed by atoms with Crippen LogP contribution >= 0.6 is 0 Å². The van der Waals surface area contributed by atoms with Gasteiger partial charge in [0.15, 0.2) is 5.96 Å². The monoisotopic (exact) mass is 390 g/mol. The van der Waals surface area contributed by atoms with Crippen LogP contribution in [-0.2, 0) is 13.6 Å². The molecule has 0 bridgehead atoms. The number of aliphatic imine (C=N–C) groups is 1. The first-order chi connectivity index (χ1) is 13.4. The van der Waals surface area contributed by atoms with E-state index < -0.39 is 11.6 Å². The van der Waals surface area contributed by atoms with Crippen LogP contribution in [0.4, 0.5) is 14.5 Å². The molecule has 8 heteroatoms. The van der Waals surface area contributed by atoms with E-state index in [9.17, 15) is 8.78 Å². The lowest BCUT2D eigenvalue weighted by Gasteiger charge is -2.37. The second-order valence-corrected chi connectivity index (χ2v) is 7.01. The Hall–Kier alpha value is -2.64. The van der Waals surface area contributed by atoms with Gasteiger partial charge in [0.25, 0.3) is 0 Å². The van der Waals surface area contributed by atoms with E-state index in [0.717, 1.165) is 35.5 Å². The van der Waals surface area contributed by atoms with Crippen molar-refractivity contribution in [1.29, 1.82) is 0 Å². The third-order valence-corrected chi connectivity index (χ3v) is 5.21. The Morgan fingerprint density at radius 2 is 1.89 bits per heavy atom. The molecule has 0 atom stereocenters. The number of benzene rings is 1. The van der Waals surface area contributed by atoms with Gasteiger partial charge >= 0.3 is 0 Å². The number of nitrogens with zero attached hydrogens (tertiary/aromatic N) is 5. The minimum absolute atomic E-state index is 0.322. The molecule has 1 aromatic carbocycles. The largest absolute Gasteiger partial charge is 0.366 e. The van der Waals surface area contributed by atoms with E-state index in [1.54, 1.807) is 0 Å². The molecule has 0 radical (unpaired) electrons. The van der Waals surface area contributed by atoms with Gasteiger partial charge in [0.1, 0.15) is 11.6 Å². The summed E-state index contributed by atoms with van der Waals surface area (Å²) in [7, 11) is 1.94. The maximum absolute atomic E-state index is 14.1. The lowest BCUT2D eigenvalue weighted by molar-refractivity contribution is 0.370. The normalized spacial score (nSPS) is 15.3. The average molecular weight is 390 g/mol. The first-order valence-corrected chi connectivity index (χ1v) is 9.63. The first kappa shape index (κ1) is 20.1. The number of rotatable bonds is 4. The molecule has 28 heavy (non-hydrogen) atoms. The average Bonchev–Trinajstić information content (AvgIpc) is 2.93. The molecule has 1 N–H and O–H groups in total. The first-order valence-electron chi connectivity index (χ1n) is 9.63. The molecule has 1 fully saturated rings. The van der Waals surface area contributed by atoms with E-state index in [1.807, 2.05) is 37.4 Å². The highest BCUT2D eigenvalue weighted by Crippen LogP contribution is 2.22. The Balaban J connectivity index is 1.69. The minimum Gasteiger partial charge on any atom is -0.366 e. The molecule has 0 spiro atoms. The fourth-order valence-electron chi connectivity index (χ4n) is 3.51. The molecule has 1 aromatic heterocycles. The number of anilines is 1. The van der Waals surface area contributed by atoms with Crippen molar-refractivity contribution in [2.24, 2.45) is 12.0 Å². The summed E-state index contributed by atoms with van der Waals surface area (Å²) >= 11 is 0. The number of piperazine rings is 1. The molecule has 2 heterocycles. The zero-order chi connectivity index (χ0) is 20.3. The Bertz CT molecular complexity index is 853. The summed E-state index contributed by atoms with van der Waals surface area (Å²) in [6, 6.07) is 3.59. The van der Waals surface area contributed by atoms with Gasteiger partial charge in [0.05, 0.1) is 17.9 Å². The van der Waals surface area contributed by atoms with Crippen LogP contribution in [0, 0.1) is 25.5 Å². The zero-order valence-electron chi connectivity index (χ0n) is 17.0. The predicted molar refractivity (Wildman–Crippen MR) is 108 cm³/mol. The number of aromatic nitrogens is 2. The van der Waals surface area contributed by atoms with Crippen LogP contribution < -0.4 is 10.2 Å². The van der Waals surface area contributed by atoms with Crippen molar-refractivity contribution in [3.63, 3.8) is 0 Å². The van der Waals surface area contributed by atoms with Crippen LogP contribution in [0.3, 0.4) is 0 Å². The Morgan fingerprint density at radius 1 is 1.18 bits per heavy atom. The highest BCUT2D eigenvalue weighted by atomic mass is 19.1. The highest BCUT2D eigenvalue weighted by molar-refractivity contribution is 5.80. The molecule has 1 aliphatic rings. The third kappa shape index (κ3) is 4.26. The fraction of sp³-hybridized carbons (Fsp3) is 0.500. The van der Waals surface area contributed by atoms with Gasteiger partial charge in [-0.3, -0.25) is 4.68 Å². The summed E-state index contributed by atoms with van der Waals surface area (Å²) in [5.74, 6) is 0.0263. The van der Waals surface area contributed by atoms with Crippen LogP contribution in [-0.4, -0.2) is 53.4 Å². The molecule has 6 nitrogen and oxygen atoms in total. The van der Waals surface area contributed by atoms with Crippen molar-refractivity contribution in [3.05, 3.63) is 46.8 Å². The van der Waals surface area contributed by atoms with Gasteiger partial charge < -0.3 is 15.1 Å². The summed E-state index contributed by atoms with van der Waals surface area (Å²) in [5, 5.41) is 7.79. The topological polar surface area (TPSA) is 48.7 Å². The molecular weight excluding hydrogens is 362 g/mol. The molecule has 0 unspecified atom stereocenters. The van der Waals surface area contributed by atoms with Gasteiger partial charge in [0, 0.05) is 57.1 Å². The van der Waals surface area contributed by atoms with Crippen molar-refractivity contribution in [2.45, 2.75) is 27.3 Å². The van der Waals surface area contributed by atoms with Crippen molar-refractivity contribution in [2.75, 3.05) is 37.6 Å². The van der Waals surface area contributed by atoms with Crippen LogP contribution in [0.15, 0.2) is 23.2 Å². The maximum atomic E-state index is 14.1. The van der Waals surface area contributed by atoms with Crippen molar-refractivity contribution < 1.29 is 8.78 Å². The summed E-state index contributed by atoms with van der Waals surface area (Å²) in [6.07, 6.45) is 0. The molecule has 0 saturated carbocycles. The summed E-state index contributed by atoms with van der Waals surface area (Å²) in [4.78, 5) is 8.85. The lowest BCUT2D eigenvalue weighted by Crippen LogP contribution is -2.52. The van der Waals surface area contributed by atoms with Crippen molar-refractivity contribution >= 4 is 11.6 Å². The third-order valence-electron chi connectivity index (χ3n) is 5.21. The Labute approximate surface area is 164 Å². The van der Waals surface area contributed by atoms with Gasteiger partial charge in [-0.2, -0.15) is 5.10 Å². The molecule has 2 aromatic rings. The molecule has 3 rings (SSSR count). The van der Waals surface area contributed by atoms with Gasteiger partial charge in [-0.25, -0.2) is 13.8 Å². The van der Waals surface area contributed by atoms with Gasteiger partial charge in [0.2, 0.25) is 0 Å². The summed E-state index contributed by atoms with van der Waals surface area (Å²) in [6.45, 7) is 10.00. The van der Waals surface area contributed by atoms with E-state index >= 15 is 0 Å². The van der Waals surface area contributed by atoms with Crippen LogP contribution in [0.5, 0.6) is 0 Å². The fourth-order valence-corrected chi connectivity index (χ4v) is 3.51. The molecule has 0 amide bonds. The van der Waals surface area contributed by atoms with E-state index in [1.165, 1.54) is 12.1 Å². The van der Waals surface area contributed by atoms with E-state index in [2.05, 4.69) is 15.3 Å². The number of hydrogen-bond donors (Lipinski definition) is 1. The number of nitrogens with one attached hydrogen (secondary N) is 1. The van der Waals surface area contributed by atoms with Crippen LogP contribution in [0.25, 0.3) is 0 Å². The highest BCUT2D eigenvalue weighted by Gasteiger charge is 2.22. The smallest absolute Gasteiger partial charge is 0.194 e. The Kier molecular flexibility index (Phi) is 6.16. The number of aryl methyl sites for hydroxylation is 2. The van der Waals surface area contributed by atoms with Crippen LogP contribution in [0.1, 0.15) is 23.9 Å². The standard InChI is InChI=1S/C20H28F2N6/c1-5-23-20(24-13-17-14(2)25-26(4)15(17)3)28-10-8-27(9-11-28)19-12-16(21)6-7-18(19)22/h6-7,12H,5,8-11,13H2,1-4H3,(H,23,24). The minimum atomic E-state index is -0.420. The SMILES string of the molecule is CCNC(=NCc1c(C)nn(C)c1C)N1CCN(c2cc(F)ccc2F)CC1. The Morgan fingerprint density at radius 3 is 2.50 bits per heavy atom. The van der Waals surface area contributed by atoms with Crippen molar-refractivity contribution in [1.82, 2.24) is 20.0 Å². The second kappa shape index (κ2) is 8.58. The number of guanidine groups is 1. The van der Waals surface area contributed by atoms with Crippen molar-refractivity contribution in [3.8, 4) is 0 Å². The second-order valence-electron chi connectivity index (χ2n) is 7.01. The maximum Gasteiger partial charge on any atom is 0.194 e. The quantitative estimate of drug-likeness (QED) is 0.644. The van der Waals surface area contributed by atoms with E-state index in [4.69, 9.17) is 4.99 Å². The van der Waals surface area contributed by atoms with E-state index in [0.29, 0.717) is 38.4 Å². The number of halogens is 2. The molecular formula is C20H28F2N6. The van der Waals surface area contributed by atoms with Gasteiger partial charge in [-0.15, -0.1) is 0 Å². The lowest BCUT2D eigenvalue weighted by atomic mass is 10.2. The van der Waals surface area contributed by atoms with E-state index in [-0.39, 0.29) is 0 Å².